The summed E-state index contributed by atoms with van der Waals surface area (Å²) in [6.45, 7) is 3.60. The van der Waals surface area contributed by atoms with Crippen molar-refractivity contribution in [1.29, 1.82) is 0 Å². The standard InChI is InChI=1S/C12H16N2O3/c1-8-4-5-10(7-13-8)12(16)14-9(2)6-11(15)17-3/h4-5,7,9H,6H2,1-3H3,(H,14,16). The number of pyridine rings is 1. The number of hydrogen-bond acceptors (Lipinski definition) is 4. The summed E-state index contributed by atoms with van der Waals surface area (Å²) in [7, 11) is 1.32. The Hall–Kier alpha value is -1.91. The highest BCUT2D eigenvalue weighted by atomic mass is 16.5. The first kappa shape index (κ1) is 13.2. The van der Waals surface area contributed by atoms with E-state index in [4.69, 9.17) is 0 Å². The summed E-state index contributed by atoms with van der Waals surface area (Å²) >= 11 is 0. The van der Waals surface area contributed by atoms with Crippen molar-refractivity contribution in [2.45, 2.75) is 26.3 Å². The number of ether oxygens (including phenoxy) is 1. The van der Waals surface area contributed by atoms with Crippen molar-refractivity contribution in [3.05, 3.63) is 29.6 Å². The monoisotopic (exact) mass is 236 g/mol. The van der Waals surface area contributed by atoms with Crippen LogP contribution in [0, 0.1) is 6.92 Å². The van der Waals surface area contributed by atoms with Gasteiger partial charge in [-0.25, -0.2) is 0 Å². The molecule has 0 saturated carbocycles. The number of nitrogens with zero attached hydrogens (tertiary/aromatic N) is 1. The van der Waals surface area contributed by atoms with Crippen molar-refractivity contribution < 1.29 is 14.3 Å². The third kappa shape index (κ3) is 4.22. The smallest absolute Gasteiger partial charge is 0.307 e. The van der Waals surface area contributed by atoms with Gasteiger partial charge in [-0.05, 0) is 26.0 Å². The third-order valence-corrected chi connectivity index (χ3v) is 2.25. The fourth-order valence-electron chi connectivity index (χ4n) is 1.29. The highest BCUT2D eigenvalue weighted by molar-refractivity contribution is 5.94. The number of esters is 1. The maximum Gasteiger partial charge on any atom is 0.307 e. The Balaban J connectivity index is 2.54. The summed E-state index contributed by atoms with van der Waals surface area (Å²) in [6, 6.07) is 3.19. The lowest BCUT2D eigenvalue weighted by molar-refractivity contribution is -0.141. The molecule has 0 aliphatic carbocycles. The molecule has 5 nitrogen and oxygen atoms in total. The van der Waals surface area contributed by atoms with Crippen molar-refractivity contribution in [2.24, 2.45) is 0 Å². The Labute approximate surface area is 100 Å². The number of nitrogens with one attached hydrogen (secondary N) is 1. The highest BCUT2D eigenvalue weighted by Gasteiger charge is 2.13. The predicted octanol–water partition coefficient (Wildman–Crippen LogP) is 1.07. The zero-order chi connectivity index (χ0) is 12.8. The van der Waals surface area contributed by atoms with Gasteiger partial charge in [-0.15, -0.1) is 0 Å². The van der Waals surface area contributed by atoms with Crippen molar-refractivity contribution in [3.8, 4) is 0 Å². The number of rotatable bonds is 4. The molecule has 1 aromatic rings. The average Bonchev–Trinajstić information content (AvgIpc) is 2.29. The van der Waals surface area contributed by atoms with Gasteiger partial charge in [-0.1, -0.05) is 0 Å². The number of aromatic nitrogens is 1. The van der Waals surface area contributed by atoms with Crippen LogP contribution in [-0.2, 0) is 9.53 Å². The lowest BCUT2D eigenvalue weighted by Gasteiger charge is -2.12. The van der Waals surface area contributed by atoms with Crippen LogP contribution < -0.4 is 5.32 Å². The molecule has 1 aromatic heterocycles. The van der Waals surface area contributed by atoms with E-state index < -0.39 is 0 Å². The number of carbonyl (C=O) groups is 2. The lowest BCUT2D eigenvalue weighted by Crippen LogP contribution is -2.34. The van der Waals surface area contributed by atoms with Crippen molar-refractivity contribution in [3.63, 3.8) is 0 Å². The molecule has 1 rings (SSSR count). The van der Waals surface area contributed by atoms with Gasteiger partial charge >= 0.3 is 5.97 Å². The van der Waals surface area contributed by atoms with Gasteiger partial charge in [0.2, 0.25) is 0 Å². The molecule has 1 N–H and O–H groups in total. The fraction of sp³-hybridized carbons (Fsp3) is 0.417. The molecule has 1 amide bonds. The Bertz CT molecular complexity index is 401. The van der Waals surface area contributed by atoms with Crippen LogP contribution in [0.4, 0.5) is 0 Å². The van der Waals surface area contributed by atoms with E-state index in [9.17, 15) is 9.59 Å². The van der Waals surface area contributed by atoms with Crippen molar-refractivity contribution in [1.82, 2.24) is 10.3 Å². The van der Waals surface area contributed by atoms with Crippen LogP contribution in [0.1, 0.15) is 29.4 Å². The summed E-state index contributed by atoms with van der Waals surface area (Å²) in [5.41, 5.74) is 1.33. The fourth-order valence-corrected chi connectivity index (χ4v) is 1.29. The van der Waals surface area contributed by atoms with Crippen LogP contribution in [0.15, 0.2) is 18.3 Å². The van der Waals surface area contributed by atoms with Gasteiger partial charge in [0.05, 0.1) is 19.1 Å². The molecule has 1 atom stereocenters. The molecule has 92 valence electrons. The summed E-state index contributed by atoms with van der Waals surface area (Å²) in [6.07, 6.45) is 1.66. The first-order chi connectivity index (χ1) is 8.02. The van der Waals surface area contributed by atoms with E-state index in [0.717, 1.165) is 5.69 Å². The number of amides is 1. The number of aryl methyl sites for hydroxylation is 1. The molecular formula is C12H16N2O3. The Morgan fingerprint density at radius 3 is 2.71 bits per heavy atom. The van der Waals surface area contributed by atoms with Crippen LogP contribution in [0.25, 0.3) is 0 Å². The molecule has 17 heavy (non-hydrogen) atoms. The van der Waals surface area contributed by atoms with Gasteiger partial charge in [0.15, 0.2) is 0 Å². The molecule has 0 aromatic carbocycles. The van der Waals surface area contributed by atoms with Gasteiger partial charge in [-0.3, -0.25) is 14.6 Å². The van der Waals surface area contributed by atoms with E-state index in [1.54, 1.807) is 19.1 Å². The minimum atomic E-state index is -0.347. The summed E-state index contributed by atoms with van der Waals surface area (Å²) in [4.78, 5) is 26.8. The summed E-state index contributed by atoms with van der Waals surface area (Å²) in [5.74, 6) is -0.589. The van der Waals surface area contributed by atoms with Crippen LogP contribution in [-0.4, -0.2) is 30.0 Å². The molecule has 0 aliphatic rings. The van der Waals surface area contributed by atoms with Crippen LogP contribution >= 0.6 is 0 Å². The first-order valence-corrected chi connectivity index (χ1v) is 5.33. The normalized spacial score (nSPS) is 11.7. The van der Waals surface area contributed by atoms with Gasteiger partial charge < -0.3 is 10.1 Å². The van der Waals surface area contributed by atoms with Gasteiger partial charge in [0.1, 0.15) is 0 Å². The molecule has 1 unspecified atom stereocenters. The minimum absolute atomic E-state index is 0.154. The number of hydrogen-bond donors (Lipinski definition) is 1. The van der Waals surface area contributed by atoms with E-state index in [2.05, 4.69) is 15.0 Å². The second kappa shape index (κ2) is 5.98. The Morgan fingerprint density at radius 2 is 2.18 bits per heavy atom. The molecule has 0 bridgehead atoms. The highest BCUT2D eigenvalue weighted by Crippen LogP contribution is 2.01. The van der Waals surface area contributed by atoms with E-state index in [0.29, 0.717) is 5.56 Å². The first-order valence-electron chi connectivity index (χ1n) is 5.33. The predicted molar refractivity (Wildman–Crippen MR) is 62.5 cm³/mol. The van der Waals surface area contributed by atoms with Crippen LogP contribution in [0.3, 0.4) is 0 Å². The topological polar surface area (TPSA) is 68.3 Å². The van der Waals surface area contributed by atoms with Crippen LogP contribution in [0.2, 0.25) is 0 Å². The molecule has 0 fully saturated rings. The lowest BCUT2D eigenvalue weighted by atomic mass is 10.2. The van der Waals surface area contributed by atoms with Gasteiger partial charge in [0, 0.05) is 17.9 Å². The third-order valence-electron chi connectivity index (χ3n) is 2.25. The largest absolute Gasteiger partial charge is 0.469 e. The number of methoxy groups -OCH3 is 1. The zero-order valence-electron chi connectivity index (χ0n) is 10.2. The number of carbonyl (C=O) groups excluding carboxylic acids is 2. The zero-order valence-corrected chi connectivity index (χ0v) is 10.2. The van der Waals surface area contributed by atoms with Crippen LogP contribution in [0.5, 0.6) is 0 Å². The molecule has 1 heterocycles. The quantitative estimate of drug-likeness (QED) is 0.794. The Morgan fingerprint density at radius 1 is 1.47 bits per heavy atom. The molecular weight excluding hydrogens is 220 g/mol. The Kier molecular flexibility index (Phi) is 4.63. The van der Waals surface area contributed by atoms with Crippen molar-refractivity contribution >= 4 is 11.9 Å². The van der Waals surface area contributed by atoms with E-state index >= 15 is 0 Å². The van der Waals surface area contributed by atoms with Crippen molar-refractivity contribution in [2.75, 3.05) is 7.11 Å². The molecule has 5 heteroatoms. The average molecular weight is 236 g/mol. The molecule has 0 aliphatic heterocycles. The second-order valence-corrected chi connectivity index (χ2v) is 3.84. The molecule has 0 spiro atoms. The maximum absolute atomic E-state index is 11.7. The summed E-state index contributed by atoms with van der Waals surface area (Å²) in [5, 5.41) is 2.70. The SMILES string of the molecule is COC(=O)CC(C)NC(=O)c1ccc(C)nc1. The van der Waals surface area contributed by atoms with Gasteiger partial charge in [0.25, 0.3) is 5.91 Å². The molecule has 0 radical (unpaired) electrons. The maximum atomic E-state index is 11.7. The minimum Gasteiger partial charge on any atom is -0.469 e. The molecule has 0 saturated heterocycles. The van der Waals surface area contributed by atoms with E-state index in [-0.39, 0.29) is 24.3 Å². The second-order valence-electron chi connectivity index (χ2n) is 3.84. The summed E-state index contributed by atoms with van der Waals surface area (Å²) < 4.78 is 4.52. The van der Waals surface area contributed by atoms with E-state index in [1.807, 2.05) is 6.92 Å². The van der Waals surface area contributed by atoms with E-state index in [1.165, 1.54) is 13.3 Å². The van der Waals surface area contributed by atoms with Gasteiger partial charge in [-0.2, -0.15) is 0 Å².